The first-order chi connectivity index (χ1) is 14.4. The first-order valence-electron chi connectivity index (χ1n) is 9.85. The molecule has 0 atom stereocenters. The molecule has 3 aromatic heterocycles. The van der Waals surface area contributed by atoms with Crippen molar-refractivity contribution in [3.8, 4) is 11.1 Å². The molecular weight excluding hydrogens is 378 g/mol. The Hall–Kier alpha value is -3.55. The van der Waals surface area contributed by atoms with Gasteiger partial charge in [0, 0.05) is 51.8 Å². The maximum Gasteiger partial charge on any atom is 0.257 e. The molecule has 0 aliphatic carbocycles. The van der Waals surface area contributed by atoms with Gasteiger partial charge in [0.2, 0.25) is 0 Å². The van der Waals surface area contributed by atoms with Crippen molar-refractivity contribution in [2.75, 3.05) is 37.9 Å². The predicted octanol–water partition coefficient (Wildman–Crippen LogP) is 3.53. The molecule has 0 radical (unpaired) electrons. The fraction of sp³-hybridized carbons (Fsp3) is 0.318. The SMILES string of the molecule is CCCN(C)C(=O)c1cc(-c2ccnc(Nc3ccnc(C)n3)c2)cnc1N(C)C. The molecular formula is C22H27N7O. The van der Waals surface area contributed by atoms with Gasteiger partial charge in [-0.25, -0.2) is 19.9 Å². The van der Waals surface area contributed by atoms with Crippen LogP contribution in [0.1, 0.15) is 29.5 Å². The third-order valence-corrected chi connectivity index (χ3v) is 4.55. The molecule has 0 saturated carbocycles. The lowest BCUT2D eigenvalue weighted by Crippen LogP contribution is -2.29. The van der Waals surface area contributed by atoms with Crippen molar-refractivity contribution >= 4 is 23.4 Å². The quantitative estimate of drug-likeness (QED) is 0.643. The summed E-state index contributed by atoms with van der Waals surface area (Å²) in [6.07, 6.45) is 6.09. The van der Waals surface area contributed by atoms with E-state index in [0.29, 0.717) is 35.4 Å². The van der Waals surface area contributed by atoms with E-state index in [4.69, 9.17) is 0 Å². The van der Waals surface area contributed by atoms with Gasteiger partial charge in [0.15, 0.2) is 0 Å². The number of nitrogens with zero attached hydrogens (tertiary/aromatic N) is 6. The van der Waals surface area contributed by atoms with E-state index in [1.165, 1.54) is 0 Å². The van der Waals surface area contributed by atoms with Crippen LogP contribution < -0.4 is 10.2 Å². The third kappa shape index (κ3) is 4.89. The molecule has 3 aromatic rings. The van der Waals surface area contributed by atoms with Gasteiger partial charge in [-0.15, -0.1) is 0 Å². The highest BCUT2D eigenvalue weighted by atomic mass is 16.2. The second kappa shape index (κ2) is 9.30. The summed E-state index contributed by atoms with van der Waals surface area (Å²) in [5, 5.41) is 3.19. The van der Waals surface area contributed by atoms with Gasteiger partial charge < -0.3 is 15.1 Å². The minimum absolute atomic E-state index is 0.0428. The number of pyridine rings is 2. The van der Waals surface area contributed by atoms with Crippen LogP contribution in [0, 0.1) is 6.92 Å². The molecule has 0 saturated heterocycles. The van der Waals surface area contributed by atoms with Crippen LogP contribution in [0.3, 0.4) is 0 Å². The number of carbonyl (C=O) groups is 1. The Kier molecular flexibility index (Phi) is 6.56. The Balaban J connectivity index is 1.95. The van der Waals surface area contributed by atoms with Crippen molar-refractivity contribution in [3.05, 3.63) is 54.2 Å². The minimum Gasteiger partial charge on any atom is -0.362 e. The molecule has 30 heavy (non-hydrogen) atoms. The summed E-state index contributed by atoms with van der Waals surface area (Å²) in [4.78, 5) is 34.0. The predicted molar refractivity (Wildman–Crippen MR) is 119 cm³/mol. The molecule has 3 rings (SSSR count). The van der Waals surface area contributed by atoms with Gasteiger partial charge in [-0.2, -0.15) is 0 Å². The summed E-state index contributed by atoms with van der Waals surface area (Å²) in [7, 11) is 5.59. The van der Waals surface area contributed by atoms with Crippen LogP contribution in [0.5, 0.6) is 0 Å². The van der Waals surface area contributed by atoms with Crippen LogP contribution >= 0.6 is 0 Å². The summed E-state index contributed by atoms with van der Waals surface area (Å²) >= 11 is 0. The number of rotatable bonds is 7. The molecule has 0 aromatic carbocycles. The molecule has 1 amide bonds. The first kappa shape index (κ1) is 21.2. The Morgan fingerprint density at radius 3 is 2.47 bits per heavy atom. The molecule has 0 aliphatic heterocycles. The number of anilines is 3. The van der Waals surface area contributed by atoms with Gasteiger partial charge in [-0.1, -0.05) is 6.92 Å². The summed E-state index contributed by atoms with van der Waals surface area (Å²) in [6.45, 7) is 4.58. The van der Waals surface area contributed by atoms with Crippen LogP contribution in [0.4, 0.5) is 17.5 Å². The van der Waals surface area contributed by atoms with E-state index >= 15 is 0 Å². The van der Waals surface area contributed by atoms with Crippen LogP contribution in [0.2, 0.25) is 0 Å². The zero-order chi connectivity index (χ0) is 21.7. The number of aromatic nitrogens is 4. The standard InChI is InChI=1S/C22H27N7O/c1-6-11-29(5)22(30)18-12-17(14-25-21(18)28(3)4)16-7-9-24-20(13-16)27-19-8-10-23-15(2)26-19/h7-10,12-14H,6,11H2,1-5H3,(H,23,24,26,27). The highest BCUT2D eigenvalue weighted by molar-refractivity contribution is 6.00. The highest BCUT2D eigenvalue weighted by Crippen LogP contribution is 2.27. The van der Waals surface area contributed by atoms with E-state index in [2.05, 4.69) is 32.2 Å². The lowest BCUT2D eigenvalue weighted by Gasteiger charge is -2.21. The van der Waals surface area contributed by atoms with Gasteiger partial charge in [0.25, 0.3) is 5.91 Å². The van der Waals surface area contributed by atoms with Crippen molar-refractivity contribution in [2.45, 2.75) is 20.3 Å². The zero-order valence-electron chi connectivity index (χ0n) is 18.0. The molecule has 3 heterocycles. The Morgan fingerprint density at radius 2 is 1.77 bits per heavy atom. The van der Waals surface area contributed by atoms with Crippen molar-refractivity contribution in [3.63, 3.8) is 0 Å². The topological polar surface area (TPSA) is 87.1 Å². The van der Waals surface area contributed by atoms with E-state index in [1.54, 1.807) is 29.6 Å². The molecule has 8 heteroatoms. The fourth-order valence-corrected chi connectivity index (χ4v) is 3.11. The fourth-order valence-electron chi connectivity index (χ4n) is 3.11. The van der Waals surface area contributed by atoms with Crippen LogP contribution in [-0.4, -0.2) is 58.4 Å². The summed E-state index contributed by atoms with van der Waals surface area (Å²) in [5.74, 6) is 2.61. The number of nitrogens with one attached hydrogen (secondary N) is 1. The largest absolute Gasteiger partial charge is 0.362 e. The average molecular weight is 406 g/mol. The minimum atomic E-state index is -0.0428. The number of hydrogen-bond acceptors (Lipinski definition) is 7. The Bertz CT molecular complexity index is 1040. The van der Waals surface area contributed by atoms with Gasteiger partial charge >= 0.3 is 0 Å². The van der Waals surface area contributed by atoms with Gasteiger partial charge in [0.05, 0.1) is 5.56 Å². The summed E-state index contributed by atoms with van der Waals surface area (Å²) < 4.78 is 0. The number of hydrogen-bond donors (Lipinski definition) is 1. The maximum atomic E-state index is 13.0. The van der Waals surface area contributed by atoms with Crippen molar-refractivity contribution in [2.24, 2.45) is 0 Å². The second-order valence-corrected chi connectivity index (χ2v) is 7.26. The second-order valence-electron chi connectivity index (χ2n) is 7.26. The zero-order valence-corrected chi connectivity index (χ0v) is 18.0. The van der Waals surface area contributed by atoms with Gasteiger partial charge in [0.1, 0.15) is 23.3 Å². The van der Waals surface area contributed by atoms with E-state index in [-0.39, 0.29) is 5.91 Å². The maximum absolute atomic E-state index is 13.0. The smallest absolute Gasteiger partial charge is 0.257 e. The van der Waals surface area contributed by atoms with Crippen LogP contribution in [-0.2, 0) is 0 Å². The number of aryl methyl sites for hydroxylation is 1. The molecule has 0 unspecified atom stereocenters. The summed E-state index contributed by atoms with van der Waals surface area (Å²) in [5.41, 5.74) is 2.33. The lowest BCUT2D eigenvalue weighted by atomic mass is 10.1. The summed E-state index contributed by atoms with van der Waals surface area (Å²) in [6, 6.07) is 7.49. The molecule has 8 nitrogen and oxygen atoms in total. The monoisotopic (exact) mass is 405 g/mol. The Morgan fingerprint density at radius 1 is 1.00 bits per heavy atom. The van der Waals surface area contributed by atoms with Crippen LogP contribution in [0.15, 0.2) is 42.9 Å². The van der Waals surface area contributed by atoms with Crippen molar-refractivity contribution in [1.82, 2.24) is 24.8 Å². The van der Waals surface area contributed by atoms with E-state index in [9.17, 15) is 4.79 Å². The molecule has 0 fully saturated rings. The number of carbonyl (C=O) groups excluding carboxylic acids is 1. The molecule has 0 spiro atoms. The molecule has 0 aliphatic rings. The highest BCUT2D eigenvalue weighted by Gasteiger charge is 2.19. The average Bonchev–Trinajstić information content (AvgIpc) is 2.73. The lowest BCUT2D eigenvalue weighted by molar-refractivity contribution is 0.0795. The van der Waals surface area contributed by atoms with Gasteiger partial charge in [-0.05, 0) is 43.2 Å². The van der Waals surface area contributed by atoms with E-state index in [1.807, 2.05) is 51.2 Å². The Labute approximate surface area is 177 Å². The first-order valence-corrected chi connectivity index (χ1v) is 9.85. The molecule has 0 bridgehead atoms. The van der Waals surface area contributed by atoms with E-state index < -0.39 is 0 Å². The normalized spacial score (nSPS) is 10.6. The molecule has 1 N–H and O–H groups in total. The van der Waals surface area contributed by atoms with Crippen molar-refractivity contribution < 1.29 is 4.79 Å². The van der Waals surface area contributed by atoms with Gasteiger partial charge in [-0.3, -0.25) is 4.79 Å². The third-order valence-electron chi connectivity index (χ3n) is 4.55. The molecule has 156 valence electrons. The van der Waals surface area contributed by atoms with Crippen molar-refractivity contribution in [1.29, 1.82) is 0 Å². The van der Waals surface area contributed by atoms with E-state index in [0.717, 1.165) is 17.5 Å². The number of amides is 1. The van der Waals surface area contributed by atoms with Crippen LogP contribution in [0.25, 0.3) is 11.1 Å².